The number of benzene rings is 2. The highest BCUT2D eigenvalue weighted by Crippen LogP contribution is 2.58. The van der Waals surface area contributed by atoms with Crippen molar-refractivity contribution < 1.29 is 23.8 Å². The Balaban J connectivity index is 1.09. The van der Waals surface area contributed by atoms with Crippen LogP contribution in [-0.4, -0.2) is 56.3 Å². The van der Waals surface area contributed by atoms with Crippen LogP contribution in [-0.2, 0) is 29.8 Å². The predicted octanol–water partition coefficient (Wildman–Crippen LogP) is 4.67. The number of imidazole rings is 1. The molecule has 1 N–H and O–H groups in total. The van der Waals surface area contributed by atoms with Gasteiger partial charge in [-0.1, -0.05) is 12.1 Å². The molecule has 2 saturated heterocycles. The smallest absolute Gasteiger partial charge is 0.335 e. The Kier molecular flexibility index (Phi) is 6.64. The molecule has 0 amide bonds. The van der Waals surface area contributed by atoms with Crippen molar-refractivity contribution in [2.45, 2.75) is 50.5 Å². The van der Waals surface area contributed by atoms with E-state index in [1.165, 1.54) is 6.07 Å². The summed E-state index contributed by atoms with van der Waals surface area (Å²) < 4.78 is 28.1. The SMILES string of the molecule is N#Cc1ccc(COc2cccc(C34CC3CCN(Cc3nc5ccc(C(=O)O)cc5n3C[C@@H]3CCO3)C4)n2)c(F)c1. The van der Waals surface area contributed by atoms with E-state index in [2.05, 4.69) is 15.5 Å². The first-order chi connectivity index (χ1) is 20.4. The molecule has 3 fully saturated rings. The lowest BCUT2D eigenvalue weighted by atomic mass is 9.93. The summed E-state index contributed by atoms with van der Waals surface area (Å²) in [5.74, 6) is 0.483. The molecule has 2 aromatic heterocycles. The van der Waals surface area contributed by atoms with Gasteiger partial charge in [-0.2, -0.15) is 5.26 Å². The summed E-state index contributed by atoms with van der Waals surface area (Å²) in [4.78, 5) is 23.8. The number of hydrogen-bond donors (Lipinski definition) is 1. The van der Waals surface area contributed by atoms with Crippen molar-refractivity contribution in [2.75, 3.05) is 19.7 Å². The van der Waals surface area contributed by atoms with E-state index in [1.807, 2.05) is 12.1 Å². The Morgan fingerprint density at radius 2 is 2.07 bits per heavy atom. The second kappa shape index (κ2) is 10.5. The number of carboxylic acid groups (broad SMARTS) is 1. The van der Waals surface area contributed by atoms with E-state index < -0.39 is 11.8 Å². The van der Waals surface area contributed by atoms with Crippen molar-refractivity contribution >= 4 is 17.0 Å². The number of aromatic nitrogens is 3. The molecule has 9 nitrogen and oxygen atoms in total. The van der Waals surface area contributed by atoms with Crippen molar-refractivity contribution in [1.29, 1.82) is 5.26 Å². The Hall–Kier alpha value is -4.33. The number of fused-ring (bicyclic) bond motifs is 2. The van der Waals surface area contributed by atoms with E-state index in [4.69, 9.17) is 24.7 Å². The van der Waals surface area contributed by atoms with Crippen molar-refractivity contribution in [1.82, 2.24) is 19.4 Å². The van der Waals surface area contributed by atoms with Crippen LogP contribution in [0.25, 0.3) is 11.0 Å². The van der Waals surface area contributed by atoms with Gasteiger partial charge in [-0.3, -0.25) is 4.90 Å². The summed E-state index contributed by atoms with van der Waals surface area (Å²) in [5, 5.41) is 18.5. The lowest BCUT2D eigenvalue weighted by molar-refractivity contribution is -0.0592. The zero-order chi connectivity index (χ0) is 28.8. The van der Waals surface area contributed by atoms with E-state index in [9.17, 15) is 14.3 Å². The number of likely N-dealkylation sites (tertiary alicyclic amines) is 1. The highest BCUT2D eigenvalue weighted by Gasteiger charge is 2.58. The molecule has 214 valence electrons. The quantitative estimate of drug-likeness (QED) is 0.310. The molecule has 4 aromatic rings. The van der Waals surface area contributed by atoms with E-state index in [0.29, 0.717) is 30.5 Å². The summed E-state index contributed by atoms with van der Waals surface area (Å²) in [6.07, 6.45) is 3.20. The number of carbonyl (C=O) groups is 1. The minimum absolute atomic E-state index is 0.0288. The number of piperidine rings is 1. The maximum absolute atomic E-state index is 14.3. The molecule has 0 radical (unpaired) electrons. The van der Waals surface area contributed by atoms with Gasteiger partial charge >= 0.3 is 5.97 Å². The highest BCUT2D eigenvalue weighted by atomic mass is 19.1. The number of aromatic carboxylic acids is 1. The molecular formula is C32H30FN5O4. The Morgan fingerprint density at radius 1 is 1.19 bits per heavy atom. The number of rotatable bonds is 9. The summed E-state index contributed by atoms with van der Waals surface area (Å²) in [6.45, 7) is 3.86. The molecule has 10 heteroatoms. The van der Waals surface area contributed by atoms with Gasteiger partial charge < -0.3 is 19.1 Å². The average Bonchev–Trinajstić information content (AvgIpc) is 3.62. The van der Waals surface area contributed by atoms with E-state index in [-0.39, 0.29) is 29.3 Å². The first kappa shape index (κ1) is 26.6. The molecule has 0 spiro atoms. The number of pyridine rings is 1. The number of nitrogens with zero attached hydrogens (tertiary/aromatic N) is 5. The maximum atomic E-state index is 14.3. The summed E-state index contributed by atoms with van der Waals surface area (Å²) in [5.41, 5.74) is 3.42. The predicted molar refractivity (Wildman–Crippen MR) is 150 cm³/mol. The summed E-state index contributed by atoms with van der Waals surface area (Å²) in [6, 6.07) is 17.2. The Morgan fingerprint density at radius 3 is 2.83 bits per heavy atom. The number of ether oxygens (including phenoxy) is 2. The van der Waals surface area contributed by atoms with Crippen LogP contribution in [0.1, 0.15) is 52.3 Å². The van der Waals surface area contributed by atoms with E-state index in [1.54, 1.807) is 36.4 Å². The van der Waals surface area contributed by atoms with Crippen LogP contribution < -0.4 is 4.74 Å². The maximum Gasteiger partial charge on any atom is 0.335 e. The van der Waals surface area contributed by atoms with Crippen LogP contribution in [0.15, 0.2) is 54.6 Å². The minimum atomic E-state index is -0.954. The fraction of sp³-hybridized carbons (Fsp3) is 0.375. The van der Waals surface area contributed by atoms with Gasteiger partial charge in [0.05, 0.1) is 53.1 Å². The van der Waals surface area contributed by atoms with Crippen molar-refractivity contribution in [2.24, 2.45) is 5.92 Å². The molecule has 1 saturated carbocycles. The normalized spacial score (nSPS) is 23.1. The summed E-state index contributed by atoms with van der Waals surface area (Å²) >= 11 is 0. The van der Waals surface area contributed by atoms with E-state index in [0.717, 1.165) is 61.5 Å². The fourth-order valence-corrected chi connectivity index (χ4v) is 6.42. The van der Waals surface area contributed by atoms with Crippen LogP contribution in [0.5, 0.6) is 5.88 Å². The second-order valence-electron chi connectivity index (χ2n) is 11.6. The lowest BCUT2D eigenvalue weighted by Gasteiger charge is -2.33. The molecule has 1 aliphatic carbocycles. The molecule has 2 aromatic carbocycles. The number of hydrogen-bond acceptors (Lipinski definition) is 7. The third kappa shape index (κ3) is 4.89. The Bertz CT molecular complexity index is 1730. The van der Waals surface area contributed by atoms with Crippen LogP contribution in [0.3, 0.4) is 0 Å². The van der Waals surface area contributed by atoms with Crippen LogP contribution >= 0.6 is 0 Å². The van der Waals surface area contributed by atoms with Crippen LogP contribution in [0.4, 0.5) is 4.39 Å². The highest BCUT2D eigenvalue weighted by molar-refractivity contribution is 5.92. The van der Waals surface area contributed by atoms with Gasteiger partial charge in [0.2, 0.25) is 5.88 Å². The van der Waals surface area contributed by atoms with Crippen molar-refractivity contribution in [3.8, 4) is 11.9 Å². The molecule has 2 aliphatic heterocycles. The van der Waals surface area contributed by atoms with Gasteiger partial charge in [0.1, 0.15) is 18.2 Å². The molecule has 0 bridgehead atoms. The molecular weight excluding hydrogens is 537 g/mol. The van der Waals surface area contributed by atoms with Gasteiger partial charge in [0.15, 0.2) is 0 Å². The monoisotopic (exact) mass is 567 g/mol. The first-order valence-corrected chi connectivity index (χ1v) is 14.3. The molecule has 2 unspecified atom stereocenters. The number of nitriles is 1. The zero-order valence-electron chi connectivity index (χ0n) is 23.0. The third-order valence-electron chi connectivity index (χ3n) is 8.94. The van der Waals surface area contributed by atoms with Crippen molar-refractivity contribution in [3.63, 3.8) is 0 Å². The van der Waals surface area contributed by atoms with Crippen LogP contribution in [0, 0.1) is 23.1 Å². The number of halogens is 1. The fourth-order valence-electron chi connectivity index (χ4n) is 6.42. The Labute approximate surface area is 242 Å². The van der Waals surface area contributed by atoms with E-state index >= 15 is 0 Å². The number of carboxylic acids is 1. The second-order valence-corrected chi connectivity index (χ2v) is 11.6. The first-order valence-electron chi connectivity index (χ1n) is 14.3. The topological polar surface area (TPSA) is 114 Å². The third-order valence-corrected chi connectivity index (χ3v) is 8.94. The zero-order valence-corrected chi connectivity index (χ0v) is 23.0. The van der Waals surface area contributed by atoms with Gasteiger partial charge in [-0.05, 0) is 68.1 Å². The van der Waals surface area contributed by atoms with Crippen molar-refractivity contribution in [3.05, 3.63) is 88.6 Å². The van der Waals surface area contributed by atoms with Gasteiger partial charge in [0, 0.05) is 30.2 Å². The standard InChI is InChI=1S/C32H30FN5O4/c33-25-12-20(15-34)4-5-22(25)18-42-30-3-1-2-28(36-30)32-14-23(32)8-10-37(19-32)17-29-35-26-7-6-21(31(39)40)13-27(26)38(29)16-24-9-11-41-24/h1-7,12-13,23-24H,8-11,14,16-19H2,(H,39,40)/t23?,24-,32?/m0/s1. The largest absolute Gasteiger partial charge is 0.478 e. The van der Waals surface area contributed by atoms with Gasteiger partial charge in [-0.15, -0.1) is 0 Å². The molecule has 7 rings (SSSR count). The lowest BCUT2D eigenvalue weighted by Crippen LogP contribution is -2.40. The van der Waals surface area contributed by atoms with Gasteiger partial charge in [-0.25, -0.2) is 19.2 Å². The van der Waals surface area contributed by atoms with Gasteiger partial charge in [0.25, 0.3) is 0 Å². The molecule has 4 heterocycles. The molecule has 3 aliphatic rings. The van der Waals surface area contributed by atoms with Crippen LogP contribution in [0.2, 0.25) is 0 Å². The minimum Gasteiger partial charge on any atom is -0.478 e. The molecule has 3 atom stereocenters. The average molecular weight is 568 g/mol. The molecule has 42 heavy (non-hydrogen) atoms. The summed E-state index contributed by atoms with van der Waals surface area (Å²) in [7, 11) is 0.